The SMILES string of the molecule is O=P(c1ccccc1)(c1ccccc1)c1sc2ccccc2c1[Se]c1ccccc1. The van der Waals surface area contributed by atoms with Crippen molar-refractivity contribution in [3.05, 3.63) is 115 Å². The summed E-state index contributed by atoms with van der Waals surface area (Å²) in [6.45, 7) is 0. The first-order valence-corrected chi connectivity index (χ1v) is 14.0. The van der Waals surface area contributed by atoms with Crippen LogP contribution >= 0.6 is 18.5 Å². The van der Waals surface area contributed by atoms with Gasteiger partial charge in [0, 0.05) is 0 Å². The molecule has 0 bridgehead atoms. The van der Waals surface area contributed by atoms with Crippen LogP contribution in [0.3, 0.4) is 0 Å². The van der Waals surface area contributed by atoms with E-state index in [4.69, 9.17) is 0 Å². The normalized spacial score (nSPS) is 11.6. The average Bonchev–Trinajstić information content (AvgIpc) is 3.19. The molecule has 0 amide bonds. The van der Waals surface area contributed by atoms with Gasteiger partial charge in [-0.1, -0.05) is 0 Å². The quantitative estimate of drug-likeness (QED) is 0.267. The second-order valence-corrected chi connectivity index (χ2v) is 13.3. The first-order valence-electron chi connectivity index (χ1n) is 9.73. The Morgan fingerprint density at radius 2 is 1.10 bits per heavy atom. The summed E-state index contributed by atoms with van der Waals surface area (Å²) in [5.74, 6) is 0. The Kier molecular flexibility index (Phi) is 5.46. The van der Waals surface area contributed by atoms with E-state index in [1.807, 2.05) is 66.7 Å². The van der Waals surface area contributed by atoms with Gasteiger partial charge in [-0.05, 0) is 0 Å². The molecule has 0 fully saturated rings. The molecule has 0 spiro atoms. The van der Waals surface area contributed by atoms with E-state index in [2.05, 4.69) is 48.5 Å². The molecule has 4 heteroatoms. The molecule has 30 heavy (non-hydrogen) atoms. The van der Waals surface area contributed by atoms with Crippen molar-refractivity contribution >= 4 is 67.7 Å². The molecule has 0 N–H and O–H groups in total. The summed E-state index contributed by atoms with van der Waals surface area (Å²) in [5.41, 5.74) is 0. The van der Waals surface area contributed by atoms with Gasteiger partial charge in [0.15, 0.2) is 0 Å². The van der Waals surface area contributed by atoms with Crippen LogP contribution < -0.4 is 24.2 Å². The van der Waals surface area contributed by atoms with E-state index in [-0.39, 0.29) is 15.0 Å². The third kappa shape index (κ3) is 3.49. The van der Waals surface area contributed by atoms with Crippen molar-refractivity contribution in [3.8, 4) is 0 Å². The van der Waals surface area contributed by atoms with Crippen LogP contribution in [0, 0.1) is 0 Å². The monoisotopic (exact) mass is 490 g/mol. The van der Waals surface area contributed by atoms with Crippen molar-refractivity contribution in [1.29, 1.82) is 0 Å². The van der Waals surface area contributed by atoms with Crippen LogP contribution in [0.2, 0.25) is 0 Å². The number of fused-ring (bicyclic) bond motifs is 1. The molecule has 1 nitrogen and oxygen atoms in total. The van der Waals surface area contributed by atoms with Gasteiger partial charge >= 0.3 is 187 Å². The summed E-state index contributed by atoms with van der Waals surface area (Å²) in [6, 6.07) is 39.0. The third-order valence-electron chi connectivity index (χ3n) is 5.02. The summed E-state index contributed by atoms with van der Waals surface area (Å²) in [7, 11) is -2.99. The number of rotatable bonds is 5. The fraction of sp³-hybridized carbons (Fsp3) is 0. The molecular formula is C26H19OPSSe. The summed E-state index contributed by atoms with van der Waals surface area (Å²) in [5, 5.41) is 3.02. The molecule has 1 heterocycles. The molecule has 0 atom stereocenters. The predicted molar refractivity (Wildman–Crippen MR) is 133 cm³/mol. The molecule has 0 unspecified atom stereocenters. The van der Waals surface area contributed by atoms with E-state index >= 15 is 4.57 Å². The van der Waals surface area contributed by atoms with Crippen LogP contribution in [0.25, 0.3) is 10.1 Å². The summed E-state index contributed by atoms with van der Waals surface area (Å²) in [6.07, 6.45) is 0. The molecule has 5 aromatic rings. The summed E-state index contributed by atoms with van der Waals surface area (Å²) >= 11 is 1.76. The van der Waals surface area contributed by atoms with Crippen molar-refractivity contribution in [1.82, 2.24) is 0 Å². The fourth-order valence-electron chi connectivity index (χ4n) is 3.58. The van der Waals surface area contributed by atoms with Crippen LogP contribution in [0.5, 0.6) is 0 Å². The molecule has 0 radical (unpaired) electrons. The number of hydrogen-bond donors (Lipinski definition) is 0. The molecule has 0 aliphatic heterocycles. The third-order valence-corrected chi connectivity index (χ3v) is 12.9. The van der Waals surface area contributed by atoms with Gasteiger partial charge in [0.1, 0.15) is 0 Å². The van der Waals surface area contributed by atoms with Crippen LogP contribution in [0.4, 0.5) is 0 Å². The Morgan fingerprint density at radius 1 is 0.600 bits per heavy atom. The molecule has 1 aromatic heterocycles. The summed E-state index contributed by atoms with van der Waals surface area (Å²) < 4.78 is 19.8. The molecular weight excluding hydrogens is 470 g/mol. The maximum atomic E-state index is 15.0. The zero-order valence-corrected chi connectivity index (χ0v) is 19.6. The van der Waals surface area contributed by atoms with E-state index < -0.39 is 7.14 Å². The van der Waals surface area contributed by atoms with Gasteiger partial charge in [-0.15, -0.1) is 0 Å². The van der Waals surface area contributed by atoms with Crippen molar-refractivity contribution < 1.29 is 4.57 Å². The zero-order valence-electron chi connectivity index (χ0n) is 16.1. The van der Waals surface area contributed by atoms with Crippen LogP contribution in [0.1, 0.15) is 0 Å². The Labute approximate surface area is 186 Å². The number of hydrogen-bond acceptors (Lipinski definition) is 2. The molecule has 0 aliphatic rings. The van der Waals surface area contributed by atoms with Crippen molar-refractivity contribution in [2.24, 2.45) is 0 Å². The minimum atomic E-state index is -2.99. The van der Waals surface area contributed by atoms with Gasteiger partial charge in [0.25, 0.3) is 0 Å². The van der Waals surface area contributed by atoms with Gasteiger partial charge in [-0.2, -0.15) is 0 Å². The zero-order chi connectivity index (χ0) is 20.4. The minimum absolute atomic E-state index is 0.0649. The van der Waals surface area contributed by atoms with Gasteiger partial charge in [0.05, 0.1) is 0 Å². The van der Waals surface area contributed by atoms with Crippen molar-refractivity contribution in [2.75, 3.05) is 0 Å². The van der Waals surface area contributed by atoms with Gasteiger partial charge in [-0.25, -0.2) is 0 Å². The predicted octanol–water partition coefficient (Wildman–Crippen LogP) is 4.20. The van der Waals surface area contributed by atoms with Gasteiger partial charge in [0.2, 0.25) is 0 Å². The Bertz CT molecular complexity index is 1290. The molecule has 146 valence electrons. The van der Waals surface area contributed by atoms with Crippen molar-refractivity contribution in [2.45, 2.75) is 0 Å². The molecule has 0 saturated heterocycles. The standard InChI is InChI=1S/C26H19OPSSe/c27-28(20-12-4-1-5-13-20,21-14-6-2-7-15-21)26-25(30-22-16-8-3-9-17-22)23-18-10-11-19-24(23)29-26/h1-19H. The molecule has 0 aliphatic carbocycles. The first kappa shape index (κ1) is 19.5. The summed E-state index contributed by atoms with van der Waals surface area (Å²) in [4.78, 5) is 0. The number of thiophene rings is 1. The Hall–Kier alpha value is -2.41. The van der Waals surface area contributed by atoms with E-state index in [9.17, 15) is 0 Å². The van der Waals surface area contributed by atoms with Gasteiger partial charge in [-0.3, -0.25) is 0 Å². The average molecular weight is 489 g/mol. The topological polar surface area (TPSA) is 17.1 Å². The van der Waals surface area contributed by atoms with E-state index in [1.165, 1.54) is 19.0 Å². The molecule has 4 aromatic carbocycles. The van der Waals surface area contributed by atoms with Gasteiger partial charge < -0.3 is 0 Å². The van der Waals surface area contributed by atoms with E-state index in [0.717, 1.165) is 15.2 Å². The second kappa shape index (κ2) is 8.38. The van der Waals surface area contributed by atoms with Crippen molar-refractivity contribution in [3.63, 3.8) is 0 Å². The van der Waals surface area contributed by atoms with Crippen LogP contribution in [-0.2, 0) is 4.57 Å². The molecule has 5 rings (SSSR count). The second-order valence-electron chi connectivity index (χ2n) is 6.93. The fourth-order valence-corrected chi connectivity index (χ4v) is 11.8. The Morgan fingerprint density at radius 3 is 1.70 bits per heavy atom. The maximum absolute atomic E-state index is 15.0. The molecule has 0 saturated carbocycles. The van der Waals surface area contributed by atoms with Crippen LogP contribution in [-0.4, -0.2) is 15.0 Å². The first-order chi connectivity index (χ1) is 14.8. The Balaban J connectivity index is 1.81. The number of benzene rings is 4. The van der Waals surface area contributed by atoms with E-state index in [1.54, 1.807) is 11.3 Å². The van der Waals surface area contributed by atoms with Crippen LogP contribution in [0.15, 0.2) is 115 Å². The van der Waals surface area contributed by atoms with E-state index in [0.29, 0.717) is 0 Å².